The Balaban J connectivity index is 1.64. The van der Waals surface area contributed by atoms with Gasteiger partial charge in [0.25, 0.3) is 0 Å². The summed E-state index contributed by atoms with van der Waals surface area (Å²) in [6.45, 7) is 2.87. The first-order valence-corrected chi connectivity index (χ1v) is 11.7. The van der Waals surface area contributed by atoms with Gasteiger partial charge in [0.15, 0.2) is 17.6 Å². The van der Waals surface area contributed by atoms with E-state index in [-0.39, 0.29) is 30.7 Å². The van der Waals surface area contributed by atoms with Crippen LogP contribution in [0.15, 0.2) is 17.2 Å². The number of thiazole rings is 1. The fourth-order valence-corrected chi connectivity index (χ4v) is 4.51. The van der Waals surface area contributed by atoms with Gasteiger partial charge in [-0.3, -0.25) is 9.36 Å². The van der Waals surface area contributed by atoms with Crippen LogP contribution < -0.4 is 5.73 Å². The third kappa shape index (κ3) is 4.92. The monoisotopic (exact) mass is 520 g/mol. The van der Waals surface area contributed by atoms with Gasteiger partial charge in [-0.15, -0.1) is 17.8 Å². The maximum absolute atomic E-state index is 12.5. The van der Waals surface area contributed by atoms with E-state index in [1.165, 1.54) is 24.6 Å². The smallest absolute Gasteiger partial charge is 0.341 e. The van der Waals surface area contributed by atoms with Crippen LogP contribution in [0.1, 0.15) is 38.3 Å². The molecule has 4 rings (SSSR count). The summed E-state index contributed by atoms with van der Waals surface area (Å²) >= 11 is 7.28. The van der Waals surface area contributed by atoms with E-state index in [0.717, 1.165) is 0 Å². The number of rotatable bonds is 8. The van der Waals surface area contributed by atoms with Crippen LogP contribution in [-0.4, -0.2) is 61.4 Å². The van der Waals surface area contributed by atoms with Crippen molar-refractivity contribution in [2.45, 2.75) is 44.3 Å². The zero-order valence-electron chi connectivity index (χ0n) is 18.7. The molecule has 0 radical (unpaired) electrons. The molecule has 14 heteroatoms. The molecule has 0 bridgehead atoms. The highest BCUT2D eigenvalue weighted by Gasteiger charge is 2.52. The predicted octanol–water partition coefficient (Wildman–Crippen LogP) is 2.06. The summed E-state index contributed by atoms with van der Waals surface area (Å²) in [6, 6.07) is 0. The number of fused-ring (bicyclic) bond motifs is 1. The molecule has 2 N–H and O–H groups in total. The average molecular weight is 521 g/mol. The van der Waals surface area contributed by atoms with Crippen molar-refractivity contribution in [2.24, 2.45) is 0 Å². The van der Waals surface area contributed by atoms with Crippen LogP contribution in [0.25, 0.3) is 11.2 Å². The minimum Gasteiger partial charge on any atom is -0.464 e. The van der Waals surface area contributed by atoms with Crippen molar-refractivity contribution in [3.05, 3.63) is 28.2 Å². The second-order valence-corrected chi connectivity index (χ2v) is 8.55. The van der Waals surface area contributed by atoms with Crippen molar-refractivity contribution in [2.75, 3.05) is 18.9 Å². The maximum atomic E-state index is 12.5. The van der Waals surface area contributed by atoms with Gasteiger partial charge in [0, 0.05) is 18.7 Å². The molecule has 1 saturated heterocycles. The molecule has 0 amide bonds. The number of nitrogen functional groups attached to an aromatic ring is 1. The van der Waals surface area contributed by atoms with Gasteiger partial charge in [-0.1, -0.05) is 5.92 Å². The normalized spacial score (nSPS) is 22.6. The lowest BCUT2D eigenvalue weighted by Gasteiger charge is -2.28. The lowest BCUT2D eigenvalue weighted by atomic mass is 9.95. The predicted molar refractivity (Wildman–Crippen MR) is 124 cm³/mol. The highest BCUT2D eigenvalue weighted by atomic mass is 35.5. The van der Waals surface area contributed by atoms with E-state index < -0.39 is 36.0 Å². The lowest BCUT2D eigenvalue weighted by molar-refractivity contribution is -0.170. The van der Waals surface area contributed by atoms with Gasteiger partial charge in [0.05, 0.1) is 30.7 Å². The minimum atomic E-state index is -1.50. The third-order valence-electron chi connectivity index (χ3n) is 5.26. The summed E-state index contributed by atoms with van der Waals surface area (Å²) < 4.78 is 24.3. The highest BCUT2D eigenvalue weighted by molar-refractivity contribution is 7.07. The van der Waals surface area contributed by atoms with Crippen molar-refractivity contribution in [1.82, 2.24) is 24.5 Å². The van der Waals surface area contributed by atoms with E-state index in [9.17, 15) is 9.59 Å². The Labute approximate surface area is 208 Å². The molecule has 3 aromatic heterocycles. The standard InChI is InChI=1S/C21H21ClN6O6S/c1-4-21(34-11(3)29)6-14(28-9-24-15-17(23)26-20(22)27-18(15)28)33-13(21)7-32-16(19(30)31-5-2)12-8-35-10-25-12/h1,8-10,13-14,16H,5-7H2,2-3H3,(H2,23,26,27)/t13-,14?,16?,21+/m1/s1. The van der Waals surface area contributed by atoms with Gasteiger partial charge in [-0.05, 0) is 18.5 Å². The summed E-state index contributed by atoms with van der Waals surface area (Å²) in [5.41, 5.74) is 6.98. The van der Waals surface area contributed by atoms with Crippen LogP contribution in [-0.2, 0) is 28.5 Å². The number of hydrogen-bond donors (Lipinski definition) is 1. The lowest BCUT2D eigenvalue weighted by Crippen LogP contribution is -2.44. The van der Waals surface area contributed by atoms with Crippen molar-refractivity contribution in [3.8, 4) is 12.3 Å². The molecule has 184 valence electrons. The topological polar surface area (TPSA) is 154 Å². The average Bonchev–Trinajstić information content (AvgIpc) is 3.53. The Morgan fingerprint density at radius 1 is 1.46 bits per heavy atom. The Morgan fingerprint density at radius 2 is 2.26 bits per heavy atom. The molecular weight excluding hydrogens is 500 g/mol. The van der Waals surface area contributed by atoms with Crippen molar-refractivity contribution in [3.63, 3.8) is 0 Å². The van der Waals surface area contributed by atoms with Crippen molar-refractivity contribution < 1.29 is 28.5 Å². The molecule has 1 aliphatic rings. The summed E-state index contributed by atoms with van der Waals surface area (Å²) in [5, 5.41) is 1.60. The summed E-state index contributed by atoms with van der Waals surface area (Å²) in [6.07, 6.45) is 4.50. The molecule has 12 nitrogen and oxygen atoms in total. The van der Waals surface area contributed by atoms with E-state index in [2.05, 4.69) is 25.9 Å². The Hall–Kier alpha value is -3.31. The number of anilines is 1. The third-order valence-corrected chi connectivity index (χ3v) is 6.03. The number of ether oxygens (including phenoxy) is 4. The fraction of sp³-hybridized carbons (Fsp3) is 0.429. The second kappa shape index (κ2) is 10.1. The van der Waals surface area contributed by atoms with E-state index in [1.807, 2.05) is 0 Å². The van der Waals surface area contributed by atoms with Crippen LogP contribution >= 0.6 is 22.9 Å². The van der Waals surface area contributed by atoms with E-state index in [4.69, 9.17) is 42.7 Å². The summed E-state index contributed by atoms with van der Waals surface area (Å²) in [7, 11) is 0. The Morgan fingerprint density at radius 3 is 2.91 bits per heavy atom. The van der Waals surface area contributed by atoms with Gasteiger partial charge in [0.2, 0.25) is 10.9 Å². The number of aromatic nitrogens is 5. The van der Waals surface area contributed by atoms with Crippen LogP contribution in [0.3, 0.4) is 0 Å². The zero-order valence-corrected chi connectivity index (χ0v) is 20.3. The number of terminal acetylenes is 1. The van der Waals surface area contributed by atoms with Crippen LogP contribution in [0.4, 0.5) is 5.82 Å². The van der Waals surface area contributed by atoms with Crippen LogP contribution in [0, 0.1) is 12.3 Å². The van der Waals surface area contributed by atoms with Gasteiger partial charge in [-0.25, -0.2) is 14.8 Å². The first kappa shape index (κ1) is 24.8. The minimum absolute atomic E-state index is 0.0465. The van der Waals surface area contributed by atoms with Gasteiger partial charge in [-0.2, -0.15) is 9.97 Å². The number of imidazole rings is 1. The van der Waals surface area contributed by atoms with Gasteiger partial charge < -0.3 is 24.7 Å². The largest absolute Gasteiger partial charge is 0.464 e. The number of carbonyl (C=O) groups excluding carboxylic acids is 2. The molecule has 1 fully saturated rings. The van der Waals surface area contributed by atoms with Crippen molar-refractivity contribution in [1.29, 1.82) is 0 Å². The first-order chi connectivity index (χ1) is 16.8. The Kier molecular flexibility index (Phi) is 7.18. The molecule has 0 aromatic carbocycles. The molecule has 3 aromatic rings. The van der Waals surface area contributed by atoms with E-state index in [1.54, 1.807) is 22.4 Å². The van der Waals surface area contributed by atoms with E-state index in [0.29, 0.717) is 16.9 Å². The SMILES string of the molecule is C#C[C@]1(OC(C)=O)CC(n2cnc3c(N)nc(Cl)nc32)O[C@@H]1COC(C(=O)OCC)c1cscn1. The van der Waals surface area contributed by atoms with Gasteiger partial charge >= 0.3 is 11.9 Å². The first-order valence-electron chi connectivity index (χ1n) is 10.4. The maximum Gasteiger partial charge on any atom is 0.341 e. The molecule has 4 atom stereocenters. The summed E-state index contributed by atoms with van der Waals surface area (Å²) in [5.74, 6) is 1.41. The quantitative estimate of drug-likeness (QED) is 0.263. The molecule has 0 aliphatic carbocycles. The number of carbonyl (C=O) groups is 2. The summed E-state index contributed by atoms with van der Waals surface area (Å²) in [4.78, 5) is 40.9. The second-order valence-electron chi connectivity index (χ2n) is 7.49. The number of hydrogen-bond acceptors (Lipinski definition) is 12. The molecule has 0 saturated carbocycles. The number of esters is 2. The number of nitrogens with zero attached hydrogens (tertiary/aromatic N) is 5. The molecule has 1 aliphatic heterocycles. The molecule has 0 spiro atoms. The zero-order chi connectivity index (χ0) is 25.2. The van der Waals surface area contributed by atoms with Crippen molar-refractivity contribution >= 4 is 51.9 Å². The molecule has 35 heavy (non-hydrogen) atoms. The number of nitrogens with two attached hydrogens (primary N) is 1. The Bertz CT molecular complexity index is 1280. The fourth-order valence-electron chi connectivity index (χ4n) is 3.77. The van der Waals surface area contributed by atoms with Crippen LogP contribution in [0.5, 0.6) is 0 Å². The number of halogens is 1. The molecular formula is C21H21ClN6O6S. The highest BCUT2D eigenvalue weighted by Crippen LogP contribution is 2.41. The van der Waals surface area contributed by atoms with E-state index >= 15 is 0 Å². The van der Waals surface area contributed by atoms with Crippen LogP contribution in [0.2, 0.25) is 5.28 Å². The van der Waals surface area contributed by atoms with Gasteiger partial charge in [0.1, 0.15) is 17.8 Å². The molecule has 2 unspecified atom stereocenters. The molecule has 4 heterocycles.